The molecule has 238 valence electrons. The summed E-state index contributed by atoms with van der Waals surface area (Å²) < 4.78 is 0. The fourth-order valence-electron chi connectivity index (χ4n) is 7.77. The molecule has 0 aliphatic heterocycles. The predicted octanol–water partition coefficient (Wildman–Crippen LogP) is 11.5. The van der Waals surface area contributed by atoms with Gasteiger partial charge in [0.15, 0.2) is 5.82 Å². The van der Waals surface area contributed by atoms with Gasteiger partial charge in [-0.2, -0.15) is 0 Å². The number of hydrogen-bond donors (Lipinski definition) is 0. The smallest absolute Gasteiger partial charge is 0.160 e. The first kappa shape index (κ1) is 29.9. The molecule has 0 bridgehead atoms. The van der Waals surface area contributed by atoms with Gasteiger partial charge >= 0.3 is 0 Å². The fraction of sp³-hybridized carbons (Fsp3) is 0.0851. The summed E-state index contributed by atoms with van der Waals surface area (Å²) in [6, 6.07) is 45.0. The van der Waals surface area contributed by atoms with Crippen LogP contribution in [-0.2, 0) is 0 Å². The standard InChI is InChI=1S/C47H35N3/c1-3-13-33(14-4-1)43-30-44(34-26-24-32(25-27-34)38-19-12-28-48-31-38)50-47(49-43)37-18-11-17-36(29-37)46-41-22-9-7-20-39(41)45(35-15-5-2-6-16-35)40-21-8-10-23-42(40)46/h1-7,9-20,22-31,39,45H,8,21H2. The van der Waals surface area contributed by atoms with Crippen molar-refractivity contribution in [1.29, 1.82) is 0 Å². The molecule has 3 aliphatic rings. The van der Waals surface area contributed by atoms with Gasteiger partial charge in [-0.15, -0.1) is 0 Å². The molecule has 0 saturated carbocycles. The Morgan fingerprint density at radius 2 is 1.26 bits per heavy atom. The number of allylic oxidation sites excluding steroid dienone is 10. The Morgan fingerprint density at radius 3 is 2.04 bits per heavy atom. The summed E-state index contributed by atoms with van der Waals surface area (Å²) in [5, 5.41) is 0. The SMILES string of the molecule is C1=CC2=C(c3cccc(-c4nc(-c5ccccc5)cc(-c5ccc(-c6cccnc6)cc5)n4)c3)C3=C(CCC=C3)C(c3ccccc3)C2C=C1. The summed E-state index contributed by atoms with van der Waals surface area (Å²) in [5.41, 5.74) is 15.3. The van der Waals surface area contributed by atoms with Crippen molar-refractivity contribution in [1.82, 2.24) is 15.0 Å². The maximum atomic E-state index is 5.21. The number of benzene rings is 4. The summed E-state index contributed by atoms with van der Waals surface area (Å²) in [5.74, 6) is 1.33. The van der Waals surface area contributed by atoms with Crippen LogP contribution in [0.4, 0.5) is 0 Å². The molecule has 2 heterocycles. The number of nitrogens with zero attached hydrogens (tertiary/aromatic N) is 3. The highest BCUT2D eigenvalue weighted by atomic mass is 14.9. The Kier molecular flexibility index (Phi) is 7.79. The van der Waals surface area contributed by atoms with Gasteiger partial charge in [-0.25, -0.2) is 9.97 Å². The maximum absolute atomic E-state index is 5.21. The van der Waals surface area contributed by atoms with Crippen LogP contribution in [0.3, 0.4) is 0 Å². The van der Waals surface area contributed by atoms with E-state index in [-0.39, 0.29) is 5.92 Å². The van der Waals surface area contributed by atoms with Crippen molar-refractivity contribution in [2.45, 2.75) is 18.8 Å². The lowest BCUT2D eigenvalue weighted by Crippen LogP contribution is -2.24. The minimum absolute atomic E-state index is 0.283. The summed E-state index contributed by atoms with van der Waals surface area (Å²) in [7, 11) is 0. The lowest BCUT2D eigenvalue weighted by molar-refractivity contribution is 0.608. The molecule has 4 aromatic carbocycles. The molecule has 3 nitrogen and oxygen atoms in total. The van der Waals surface area contributed by atoms with Crippen molar-refractivity contribution in [2.24, 2.45) is 5.92 Å². The zero-order valence-electron chi connectivity index (χ0n) is 27.7. The van der Waals surface area contributed by atoms with Crippen LogP contribution in [0.1, 0.15) is 29.9 Å². The quantitative estimate of drug-likeness (QED) is 0.182. The van der Waals surface area contributed by atoms with Gasteiger partial charge in [0.2, 0.25) is 0 Å². The average molecular weight is 642 g/mol. The Morgan fingerprint density at radius 1 is 0.560 bits per heavy atom. The molecule has 0 radical (unpaired) electrons. The molecule has 2 atom stereocenters. The van der Waals surface area contributed by atoms with Gasteiger partial charge in [-0.3, -0.25) is 4.98 Å². The summed E-state index contributed by atoms with van der Waals surface area (Å²) >= 11 is 0. The number of hydrogen-bond acceptors (Lipinski definition) is 3. The van der Waals surface area contributed by atoms with Gasteiger partial charge in [0.05, 0.1) is 11.4 Å². The van der Waals surface area contributed by atoms with E-state index in [0.29, 0.717) is 11.7 Å². The van der Waals surface area contributed by atoms with Gasteiger partial charge in [0, 0.05) is 40.9 Å². The third-order valence-corrected chi connectivity index (χ3v) is 10.1. The Balaban J connectivity index is 1.17. The predicted molar refractivity (Wildman–Crippen MR) is 205 cm³/mol. The molecule has 6 aromatic rings. The van der Waals surface area contributed by atoms with Crippen molar-refractivity contribution >= 4 is 5.57 Å². The molecular formula is C47H35N3. The van der Waals surface area contributed by atoms with Crippen LogP contribution in [0.2, 0.25) is 0 Å². The Hall–Kier alpha value is -6.19. The molecule has 9 rings (SSSR count). The second-order valence-corrected chi connectivity index (χ2v) is 13.1. The normalized spacial score (nSPS) is 17.8. The average Bonchev–Trinajstić information content (AvgIpc) is 3.21. The van der Waals surface area contributed by atoms with E-state index in [9.17, 15) is 0 Å². The van der Waals surface area contributed by atoms with Gasteiger partial charge in [-0.05, 0) is 70.0 Å². The zero-order valence-corrected chi connectivity index (χ0v) is 27.7. The first-order valence-electron chi connectivity index (χ1n) is 17.4. The summed E-state index contributed by atoms with van der Waals surface area (Å²) in [4.78, 5) is 14.7. The second kappa shape index (κ2) is 13.0. The van der Waals surface area contributed by atoms with Crippen LogP contribution in [0.5, 0.6) is 0 Å². The number of rotatable bonds is 6. The van der Waals surface area contributed by atoms with E-state index in [1.807, 2.05) is 18.3 Å². The first-order valence-corrected chi connectivity index (χ1v) is 17.4. The fourth-order valence-corrected chi connectivity index (χ4v) is 7.77. The summed E-state index contributed by atoms with van der Waals surface area (Å²) in [6.45, 7) is 0. The minimum atomic E-state index is 0.283. The molecule has 0 fully saturated rings. The van der Waals surface area contributed by atoms with E-state index in [4.69, 9.17) is 9.97 Å². The van der Waals surface area contributed by atoms with Crippen molar-refractivity contribution < 1.29 is 0 Å². The molecule has 50 heavy (non-hydrogen) atoms. The highest BCUT2D eigenvalue weighted by Gasteiger charge is 2.36. The number of fused-ring (bicyclic) bond motifs is 1. The monoisotopic (exact) mass is 641 g/mol. The Bertz CT molecular complexity index is 2350. The zero-order chi connectivity index (χ0) is 33.3. The second-order valence-electron chi connectivity index (χ2n) is 13.1. The van der Waals surface area contributed by atoms with Gasteiger partial charge in [0.1, 0.15) is 0 Å². The van der Waals surface area contributed by atoms with Gasteiger partial charge < -0.3 is 0 Å². The molecular weight excluding hydrogens is 607 g/mol. The van der Waals surface area contributed by atoms with Crippen molar-refractivity contribution in [2.75, 3.05) is 0 Å². The van der Waals surface area contributed by atoms with Crippen LogP contribution in [0.15, 0.2) is 193 Å². The topological polar surface area (TPSA) is 38.7 Å². The molecule has 0 saturated heterocycles. The summed E-state index contributed by atoms with van der Waals surface area (Å²) in [6.07, 6.45) is 19.7. The lowest BCUT2D eigenvalue weighted by atomic mass is 9.64. The van der Waals surface area contributed by atoms with E-state index in [1.54, 1.807) is 6.20 Å². The molecule has 2 unspecified atom stereocenters. The van der Waals surface area contributed by atoms with Crippen LogP contribution >= 0.6 is 0 Å². The van der Waals surface area contributed by atoms with E-state index in [1.165, 1.54) is 33.4 Å². The third kappa shape index (κ3) is 5.57. The molecule has 0 spiro atoms. The van der Waals surface area contributed by atoms with Crippen LogP contribution in [-0.4, -0.2) is 15.0 Å². The minimum Gasteiger partial charge on any atom is -0.264 e. The van der Waals surface area contributed by atoms with Gasteiger partial charge in [-0.1, -0.05) is 151 Å². The largest absolute Gasteiger partial charge is 0.264 e. The highest BCUT2D eigenvalue weighted by Crippen LogP contribution is 2.52. The van der Waals surface area contributed by atoms with Crippen molar-refractivity contribution in [3.05, 3.63) is 204 Å². The van der Waals surface area contributed by atoms with Crippen LogP contribution < -0.4 is 0 Å². The van der Waals surface area contributed by atoms with Crippen LogP contribution in [0, 0.1) is 5.92 Å². The van der Waals surface area contributed by atoms with Crippen LogP contribution in [0.25, 0.3) is 50.6 Å². The van der Waals surface area contributed by atoms with E-state index in [2.05, 4.69) is 157 Å². The Labute approximate surface area is 293 Å². The van der Waals surface area contributed by atoms with E-state index >= 15 is 0 Å². The number of aromatic nitrogens is 3. The molecule has 3 heteroatoms. The van der Waals surface area contributed by atoms with Crippen molar-refractivity contribution in [3.63, 3.8) is 0 Å². The molecule has 3 aliphatic carbocycles. The number of pyridine rings is 1. The lowest BCUT2D eigenvalue weighted by Gasteiger charge is -2.39. The first-order chi connectivity index (χ1) is 24.8. The maximum Gasteiger partial charge on any atom is 0.160 e. The van der Waals surface area contributed by atoms with E-state index in [0.717, 1.165) is 52.0 Å². The molecule has 2 aromatic heterocycles. The highest BCUT2D eigenvalue weighted by molar-refractivity contribution is 5.91. The van der Waals surface area contributed by atoms with Crippen molar-refractivity contribution in [3.8, 4) is 45.0 Å². The molecule has 0 N–H and O–H groups in total. The van der Waals surface area contributed by atoms with E-state index < -0.39 is 0 Å². The third-order valence-electron chi connectivity index (χ3n) is 10.1. The molecule has 0 amide bonds. The van der Waals surface area contributed by atoms with Gasteiger partial charge in [0.25, 0.3) is 0 Å².